The molecule has 0 atom stereocenters. The number of hydrogen-bond acceptors (Lipinski definition) is 4. The molecule has 92 valence electrons. The second kappa shape index (κ2) is 5.33. The number of nitrogens with one attached hydrogen (secondary N) is 1. The van der Waals surface area contributed by atoms with Crippen LogP contribution in [0.15, 0.2) is 18.2 Å². The first-order chi connectivity index (χ1) is 8.18. The van der Waals surface area contributed by atoms with Crippen LogP contribution in [0.2, 0.25) is 5.02 Å². The maximum absolute atomic E-state index is 11.0. The van der Waals surface area contributed by atoms with Gasteiger partial charge in [-0.1, -0.05) is 11.6 Å². The quantitative estimate of drug-likeness (QED) is 0.649. The molecule has 1 saturated heterocycles. The molecule has 0 aromatic heterocycles. The summed E-state index contributed by atoms with van der Waals surface area (Å²) in [6, 6.07) is 4.84. The van der Waals surface area contributed by atoms with Gasteiger partial charge in [-0.05, 0) is 25.1 Å². The molecular weight excluding hydrogens is 242 g/mol. The molecule has 1 N–H and O–H groups in total. The van der Waals surface area contributed by atoms with Gasteiger partial charge in [0, 0.05) is 30.7 Å². The molecule has 0 bridgehead atoms. The lowest BCUT2D eigenvalue weighted by Gasteiger charge is -2.21. The highest BCUT2D eigenvalue weighted by Crippen LogP contribution is 2.31. The number of rotatable bonds is 2. The molecule has 1 aromatic carbocycles. The third-order valence-electron chi connectivity index (χ3n) is 2.81. The molecule has 1 fully saturated rings. The number of hydrogen-bond donors (Lipinski definition) is 1. The molecule has 5 nitrogen and oxygen atoms in total. The third kappa shape index (κ3) is 2.87. The maximum atomic E-state index is 11.0. The maximum Gasteiger partial charge on any atom is 0.294 e. The molecule has 0 amide bonds. The summed E-state index contributed by atoms with van der Waals surface area (Å²) in [6.45, 7) is 3.41. The predicted molar refractivity (Wildman–Crippen MR) is 67.8 cm³/mol. The van der Waals surface area contributed by atoms with E-state index in [1.54, 1.807) is 12.1 Å². The monoisotopic (exact) mass is 255 g/mol. The lowest BCUT2D eigenvalue weighted by molar-refractivity contribution is -0.384. The van der Waals surface area contributed by atoms with Crippen molar-refractivity contribution in [1.82, 2.24) is 5.32 Å². The summed E-state index contributed by atoms with van der Waals surface area (Å²) >= 11 is 5.80. The van der Waals surface area contributed by atoms with Crippen molar-refractivity contribution in [2.75, 3.05) is 31.1 Å². The van der Waals surface area contributed by atoms with Gasteiger partial charge in [0.25, 0.3) is 5.69 Å². The Morgan fingerprint density at radius 3 is 2.94 bits per heavy atom. The molecule has 0 saturated carbocycles. The van der Waals surface area contributed by atoms with E-state index in [2.05, 4.69) is 5.32 Å². The van der Waals surface area contributed by atoms with E-state index in [0.717, 1.165) is 32.6 Å². The van der Waals surface area contributed by atoms with Gasteiger partial charge in [-0.25, -0.2) is 0 Å². The predicted octanol–water partition coefficient (Wildman–Crippen LogP) is 2.05. The Morgan fingerprint density at radius 1 is 1.35 bits per heavy atom. The van der Waals surface area contributed by atoms with Gasteiger partial charge in [0.1, 0.15) is 5.69 Å². The SMILES string of the molecule is O=[N+]([O-])c1cc(Cl)ccc1N1CCCNCC1. The van der Waals surface area contributed by atoms with Gasteiger partial charge in [0.15, 0.2) is 0 Å². The van der Waals surface area contributed by atoms with Crippen molar-refractivity contribution in [1.29, 1.82) is 0 Å². The Morgan fingerprint density at radius 2 is 2.18 bits per heavy atom. The smallest absolute Gasteiger partial charge is 0.294 e. The summed E-state index contributed by atoms with van der Waals surface area (Å²) in [5, 5.41) is 14.7. The highest BCUT2D eigenvalue weighted by molar-refractivity contribution is 6.30. The highest BCUT2D eigenvalue weighted by Gasteiger charge is 2.20. The number of nitro groups is 1. The van der Waals surface area contributed by atoms with Crippen LogP contribution < -0.4 is 10.2 Å². The minimum Gasteiger partial charge on any atom is -0.365 e. The van der Waals surface area contributed by atoms with Crippen molar-refractivity contribution < 1.29 is 4.92 Å². The summed E-state index contributed by atoms with van der Waals surface area (Å²) in [6.07, 6.45) is 0.986. The van der Waals surface area contributed by atoms with E-state index < -0.39 is 0 Å². The number of nitrogens with zero attached hydrogens (tertiary/aromatic N) is 2. The van der Waals surface area contributed by atoms with Gasteiger partial charge < -0.3 is 10.2 Å². The number of anilines is 1. The van der Waals surface area contributed by atoms with Crippen molar-refractivity contribution in [3.05, 3.63) is 33.3 Å². The molecule has 1 aromatic rings. The summed E-state index contributed by atoms with van der Waals surface area (Å²) in [4.78, 5) is 12.7. The van der Waals surface area contributed by atoms with Crippen LogP contribution in [-0.2, 0) is 0 Å². The van der Waals surface area contributed by atoms with E-state index in [4.69, 9.17) is 11.6 Å². The normalized spacial score (nSPS) is 16.6. The summed E-state index contributed by atoms with van der Waals surface area (Å²) in [5.74, 6) is 0. The van der Waals surface area contributed by atoms with E-state index in [1.165, 1.54) is 6.07 Å². The molecule has 0 unspecified atom stereocenters. The van der Waals surface area contributed by atoms with E-state index in [-0.39, 0.29) is 10.6 Å². The molecule has 0 aliphatic carbocycles. The van der Waals surface area contributed by atoms with Crippen molar-refractivity contribution in [2.45, 2.75) is 6.42 Å². The zero-order valence-corrected chi connectivity index (χ0v) is 10.1. The van der Waals surface area contributed by atoms with Crippen LogP contribution in [0, 0.1) is 10.1 Å². The molecule has 0 spiro atoms. The number of halogens is 1. The fourth-order valence-electron chi connectivity index (χ4n) is 2.00. The fourth-order valence-corrected chi connectivity index (χ4v) is 2.16. The van der Waals surface area contributed by atoms with Crippen LogP contribution >= 0.6 is 11.6 Å². The Hall–Kier alpha value is -1.33. The lowest BCUT2D eigenvalue weighted by Crippen LogP contribution is -2.28. The Kier molecular flexibility index (Phi) is 3.81. The average Bonchev–Trinajstić information content (AvgIpc) is 2.57. The Labute approximate surface area is 105 Å². The van der Waals surface area contributed by atoms with Gasteiger partial charge in [0.2, 0.25) is 0 Å². The van der Waals surface area contributed by atoms with Crippen LogP contribution in [0.1, 0.15) is 6.42 Å². The first kappa shape index (κ1) is 12.1. The van der Waals surface area contributed by atoms with Crippen molar-refractivity contribution in [3.63, 3.8) is 0 Å². The van der Waals surface area contributed by atoms with Gasteiger partial charge in [0.05, 0.1) is 4.92 Å². The average molecular weight is 256 g/mol. The zero-order chi connectivity index (χ0) is 12.3. The van der Waals surface area contributed by atoms with Crippen LogP contribution in [0.5, 0.6) is 0 Å². The van der Waals surface area contributed by atoms with Crippen molar-refractivity contribution in [3.8, 4) is 0 Å². The van der Waals surface area contributed by atoms with Gasteiger partial charge in [-0.15, -0.1) is 0 Å². The first-order valence-corrected chi connectivity index (χ1v) is 5.96. The lowest BCUT2D eigenvalue weighted by atomic mass is 10.2. The standard InChI is InChI=1S/C11H14ClN3O2/c12-9-2-3-10(11(8-9)15(16)17)14-6-1-4-13-5-7-14/h2-3,8,13H,1,4-7H2. The molecule has 6 heteroatoms. The van der Waals surface area contributed by atoms with Crippen molar-refractivity contribution in [2.24, 2.45) is 0 Å². The minimum atomic E-state index is -0.375. The van der Waals surface area contributed by atoms with E-state index in [1.807, 2.05) is 4.90 Å². The Balaban J connectivity index is 2.32. The van der Waals surface area contributed by atoms with Crippen LogP contribution in [0.3, 0.4) is 0 Å². The number of nitro benzene ring substituents is 1. The zero-order valence-electron chi connectivity index (χ0n) is 9.36. The Bertz CT molecular complexity index is 417. The van der Waals surface area contributed by atoms with Crippen molar-refractivity contribution >= 4 is 23.0 Å². The molecule has 2 rings (SSSR count). The molecule has 17 heavy (non-hydrogen) atoms. The minimum absolute atomic E-state index is 0.0828. The first-order valence-electron chi connectivity index (χ1n) is 5.58. The van der Waals surface area contributed by atoms with Crippen LogP contribution in [0.4, 0.5) is 11.4 Å². The fraction of sp³-hybridized carbons (Fsp3) is 0.455. The highest BCUT2D eigenvalue weighted by atomic mass is 35.5. The molecule has 1 aliphatic rings. The second-order valence-corrected chi connectivity index (χ2v) is 4.42. The largest absolute Gasteiger partial charge is 0.365 e. The number of benzene rings is 1. The molecule has 1 heterocycles. The second-order valence-electron chi connectivity index (χ2n) is 3.98. The van der Waals surface area contributed by atoms with Crippen LogP contribution in [-0.4, -0.2) is 31.1 Å². The van der Waals surface area contributed by atoms with Gasteiger partial charge >= 0.3 is 0 Å². The van der Waals surface area contributed by atoms with Crippen LogP contribution in [0.25, 0.3) is 0 Å². The van der Waals surface area contributed by atoms with E-state index in [9.17, 15) is 10.1 Å². The van der Waals surface area contributed by atoms with E-state index >= 15 is 0 Å². The summed E-state index contributed by atoms with van der Waals surface area (Å²) in [7, 11) is 0. The molecular formula is C11H14ClN3O2. The van der Waals surface area contributed by atoms with Gasteiger partial charge in [-0.2, -0.15) is 0 Å². The van der Waals surface area contributed by atoms with Gasteiger partial charge in [-0.3, -0.25) is 10.1 Å². The molecule has 1 aliphatic heterocycles. The van der Waals surface area contributed by atoms with E-state index in [0.29, 0.717) is 10.7 Å². The third-order valence-corrected chi connectivity index (χ3v) is 3.05. The molecule has 0 radical (unpaired) electrons. The summed E-state index contributed by atoms with van der Waals surface area (Å²) < 4.78 is 0. The summed E-state index contributed by atoms with van der Waals surface area (Å²) in [5.41, 5.74) is 0.738. The topological polar surface area (TPSA) is 58.4 Å².